The van der Waals surface area contributed by atoms with Crippen molar-refractivity contribution in [2.45, 2.75) is 60.2 Å². The molecule has 2 rings (SSSR count). The highest BCUT2D eigenvalue weighted by molar-refractivity contribution is 14.1. The van der Waals surface area contributed by atoms with Crippen LogP contribution in [-0.4, -0.2) is 7.85 Å². The van der Waals surface area contributed by atoms with E-state index in [9.17, 15) is 0 Å². The second kappa shape index (κ2) is 6.07. The van der Waals surface area contributed by atoms with Crippen LogP contribution in [0.25, 0.3) is 0 Å². The second-order valence-corrected chi connectivity index (χ2v) is 9.33. The standard InChI is InChI=1S/C14H24I2/c1-9-3-4-12(8-14(9)16)11-5-6-13(15)10(2)7-11/h9-14H,3-8H2,1-2H3. The van der Waals surface area contributed by atoms with Gasteiger partial charge in [0.05, 0.1) is 0 Å². The van der Waals surface area contributed by atoms with Gasteiger partial charge in [0.25, 0.3) is 0 Å². The van der Waals surface area contributed by atoms with E-state index in [4.69, 9.17) is 0 Å². The van der Waals surface area contributed by atoms with Crippen LogP contribution in [0.2, 0.25) is 0 Å². The number of hydrogen-bond donors (Lipinski definition) is 0. The molecule has 0 N–H and O–H groups in total. The minimum absolute atomic E-state index is 0.948. The number of alkyl halides is 2. The molecule has 0 aromatic heterocycles. The van der Waals surface area contributed by atoms with Gasteiger partial charge in [0.2, 0.25) is 0 Å². The van der Waals surface area contributed by atoms with E-state index in [2.05, 4.69) is 59.0 Å². The van der Waals surface area contributed by atoms with Crippen LogP contribution in [-0.2, 0) is 0 Å². The van der Waals surface area contributed by atoms with E-state index in [-0.39, 0.29) is 0 Å². The molecule has 0 heterocycles. The Bertz CT molecular complexity index is 205. The van der Waals surface area contributed by atoms with Gasteiger partial charge < -0.3 is 0 Å². The van der Waals surface area contributed by atoms with Gasteiger partial charge >= 0.3 is 0 Å². The quantitative estimate of drug-likeness (QED) is 0.371. The summed E-state index contributed by atoms with van der Waals surface area (Å²) in [5, 5.41) is 0. The maximum atomic E-state index is 2.70. The predicted octanol–water partition coefficient (Wildman–Crippen LogP) is 5.47. The Morgan fingerprint density at radius 2 is 1.31 bits per heavy atom. The van der Waals surface area contributed by atoms with Crippen molar-refractivity contribution in [2.75, 3.05) is 0 Å². The minimum Gasteiger partial charge on any atom is -0.0823 e. The summed E-state index contributed by atoms with van der Waals surface area (Å²) in [6.07, 6.45) is 9.01. The maximum absolute atomic E-state index is 2.70. The maximum Gasteiger partial charge on any atom is 0.0138 e. The first-order valence-electron chi connectivity index (χ1n) is 6.86. The third-order valence-corrected chi connectivity index (χ3v) is 8.50. The van der Waals surface area contributed by atoms with Crippen LogP contribution in [0.3, 0.4) is 0 Å². The topological polar surface area (TPSA) is 0 Å². The Balaban J connectivity index is 1.88. The van der Waals surface area contributed by atoms with E-state index in [1.54, 1.807) is 0 Å². The average molecular weight is 446 g/mol. The molecule has 0 aliphatic heterocycles. The first kappa shape index (κ1) is 13.9. The summed E-state index contributed by atoms with van der Waals surface area (Å²) in [5.41, 5.74) is 0. The lowest BCUT2D eigenvalue weighted by atomic mass is 9.69. The third kappa shape index (κ3) is 3.27. The molecular formula is C14H24I2. The van der Waals surface area contributed by atoms with Crippen LogP contribution in [0.4, 0.5) is 0 Å². The summed E-state index contributed by atoms with van der Waals surface area (Å²) in [6.45, 7) is 4.91. The summed E-state index contributed by atoms with van der Waals surface area (Å²) in [4.78, 5) is 0. The molecule has 0 radical (unpaired) electrons. The molecule has 0 amide bonds. The van der Waals surface area contributed by atoms with Gasteiger partial charge in [0.15, 0.2) is 0 Å². The lowest BCUT2D eigenvalue weighted by Crippen LogP contribution is -2.32. The van der Waals surface area contributed by atoms with Gasteiger partial charge in [-0.2, -0.15) is 0 Å². The van der Waals surface area contributed by atoms with E-state index in [1.165, 1.54) is 38.5 Å². The van der Waals surface area contributed by atoms with Crippen LogP contribution in [0.5, 0.6) is 0 Å². The zero-order chi connectivity index (χ0) is 11.7. The average Bonchev–Trinajstić information content (AvgIpc) is 2.26. The van der Waals surface area contributed by atoms with Crippen molar-refractivity contribution in [2.24, 2.45) is 23.7 Å². The van der Waals surface area contributed by atoms with Crippen LogP contribution in [0.1, 0.15) is 52.4 Å². The highest BCUT2D eigenvalue weighted by Crippen LogP contribution is 2.44. The smallest absolute Gasteiger partial charge is 0.0138 e. The number of halogens is 2. The third-order valence-electron chi connectivity index (χ3n) is 4.91. The summed E-state index contributed by atoms with van der Waals surface area (Å²) >= 11 is 5.37. The van der Waals surface area contributed by atoms with Crippen LogP contribution in [0.15, 0.2) is 0 Å². The van der Waals surface area contributed by atoms with Crippen LogP contribution < -0.4 is 0 Å². The van der Waals surface area contributed by atoms with Gasteiger partial charge in [0.1, 0.15) is 0 Å². The van der Waals surface area contributed by atoms with Gasteiger partial charge in [-0.05, 0) is 62.2 Å². The van der Waals surface area contributed by atoms with Gasteiger partial charge in [-0.1, -0.05) is 59.0 Å². The highest BCUT2D eigenvalue weighted by Gasteiger charge is 2.34. The van der Waals surface area contributed by atoms with Gasteiger partial charge in [0, 0.05) is 7.85 Å². The van der Waals surface area contributed by atoms with E-state index in [0.717, 1.165) is 31.5 Å². The lowest BCUT2D eigenvalue weighted by Gasteiger charge is -2.40. The Morgan fingerprint density at radius 1 is 0.688 bits per heavy atom. The largest absolute Gasteiger partial charge is 0.0823 e. The lowest BCUT2D eigenvalue weighted by molar-refractivity contribution is 0.161. The molecule has 6 unspecified atom stereocenters. The molecule has 2 saturated carbocycles. The minimum atomic E-state index is 0.948. The van der Waals surface area contributed by atoms with Crippen molar-refractivity contribution in [1.29, 1.82) is 0 Å². The summed E-state index contributed by atoms with van der Waals surface area (Å²) in [6, 6.07) is 0. The number of rotatable bonds is 1. The zero-order valence-electron chi connectivity index (χ0n) is 10.5. The van der Waals surface area contributed by atoms with Crippen molar-refractivity contribution < 1.29 is 0 Å². The Hall–Kier alpha value is 1.46. The fraction of sp³-hybridized carbons (Fsp3) is 1.00. The molecule has 2 aliphatic rings. The van der Waals surface area contributed by atoms with Crippen molar-refractivity contribution >= 4 is 45.2 Å². The monoisotopic (exact) mass is 446 g/mol. The van der Waals surface area contributed by atoms with Crippen molar-refractivity contribution in [3.8, 4) is 0 Å². The van der Waals surface area contributed by atoms with Gasteiger partial charge in [-0.25, -0.2) is 0 Å². The molecule has 16 heavy (non-hydrogen) atoms. The molecule has 0 aromatic rings. The first-order valence-corrected chi connectivity index (χ1v) is 9.35. The molecular weight excluding hydrogens is 422 g/mol. The van der Waals surface area contributed by atoms with E-state index < -0.39 is 0 Å². The molecule has 94 valence electrons. The molecule has 2 aliphatic carbocycles. The fourth-order valence-electron chi connectivity index (χ4n) is 3.55. The summed E-state index contributed by atoms with van der Waals surface area (Å²) < 4.78 is 1.90. The normalized spacial score (nSPS) is 50.2. The Morgan fingerprint density at radius 3 is 1.94 bits per heavy atom. The number of hydrogen-bond acceptors (Lipinski definition) is 0. The van der Waals surface area contributed by atoms with E-state index in [0.29, 0.717) is 0 Å². The van der Waals surface area contributed by atoms with Gasteiger partial charge in [-0.15, -0.1) is 0 Å². The molecule has 0 bridgehead atoms. The zero-order valence-corrected chi connectivity index (χ0v) is 14.8. The Labute approximate surface area is 128 Å². The Kier molecular flexibility index (Phi) is 5.27. The highest BCUT2D eigenvalue weighted by atomic mass is 127. The molecule has 2 fully saturated rings. The second-order valence-electron chi connectivity index (χ2n) is 6.13. The van der Waals surface area contributed by atoms with Crippen LogP contribution >= 0.6 is 45.2 Å². The summed E-state index contributed by atoms with van der Waals surface area (Å²) in [5.74, 6) is 4.05. The molecule has 0 nitrogen and oxygen atoms in total. The van der Waals surface area contributed by atoms with E-state index in [1.807, 2.05) is 0 Å². The SMILES string of the molecule is CC1CC(C2CCC(C)C(I)C2)CCC1I. The van der Waals surface area contributed by atoms with Crippen LogP contribution in [0, 0.1) is 23.7 Å². The van der Waals surface area contributed by atoms with Gasteiger partial charge in [-0.3, -0.25) is 0 Å². The first-order chi connectivity index (χ1) is 7.58. The summed E-state index contributed by atoms with van der Waals surface area (Å²) in [7, 11) is 0. The van der Waals surface area contributed by atoms with E-state index >= 15 is 0 Å². The fourth-order valence-corrected chi connectivity index (χ4v) is 5.22. The van der Waals surface area contributed by atoms with Crippen molar-refractivity contribution in [3.05, 3.63) is 0 Å². The molecule has 2 heteroatoms. The molecule has 0 spiro atoms. The predicted molar refractivity (Wildman–Crippen MR) is 88.6 cm³/mol. The van der Waals surface area contributed by atoms with Crippen molar-refractivity contribution in [1.82, 2.24) is 0 Å². The molecule has 0 saturated heterocycles. The molecule has 6 atom stereocenters. The van der Waals surface area contributed by atoms with Crippen molar-refractivity contribution in [3.63, 3.8) is 0 Å². The molecule has 0 aromatic carbocycles.